The average molecular weight is 528 g/mol. The Morgan fingerprint density at radius 2 is 1.79 bits per heavy atom. The highest BCUT2D eigenvalue weighted by molar-refractivity contribution is 14.0. The zero-order valence-corrected chi connectivity index (χ0v) is 20.1. The van der Waals surface area contributed by atoms with Crippen LogP contribution in [0, 0.1) is 0 Å². The Balaban J connectivity index is 0.00000729. The summed E-state index contributed by atoms with van der Waals surface area (Å²) in [5.41, 5.74) is 0.751. The van der Waals surface area contributed by atoms with Crippen LogP contribution in [0.25, 0.3) is 0 Å². The van der Waals surface area contributed by atoms with Crippen molar-refractivity contribution in [2.45, 2.75) is 39.9 Å². The molecule has 0 amide bonds. The van der Waals surface area contributed by atoms with Crippen molar-refractivity contribution in [1.29, 1.82) is 0 Å². The molecule has 1 rings (SSSR count). The van der Waals surface area contributed by atoms with E-state index < -0.39 is 16.1 Å². The molecule has 1 aromatic carbocycles. The fraction of sp³-hybridized carbons (Fsp3) is 0.611. The Bertz CT molecular complexity index is 681. The summed E-state index contributed by atoms with van der Waals surface area (Å²) in [7, 11) is -3.20. The first-order chi connectivity index (χ1) is 12.8. The molecular formula is C18H33IN4O4S. The Morgan fingerprint density at radius 3 is 2.32 bits per heavy atom. The molecule has 0 aliphatic carbocycles. The van der Waals surface area contributed by atoms with Gasteiger partial charge in [0.25, 0.3) is 0 Å². The van der Waals surface area contributed by atoms with Gasteiger partial charge < -0.3 is 20.5 Å². The first-order valence-corrected chi connectivity index (χ1v) is 10.9. The molecule has 8 nitrogen and oxygen atoms in total. The van der Waals surface area contributed by atoms with E-state index in [1.54, 1.807) is 6.92 Å². The normalized spacial score (nSPS) is 13.0. The second kappa shape index (κ2) is 14.0. The molecule has 0 saturated heterocycles. The molecule has 0 aliphatic heterocycles. The van der Waals surface area contributed by atoms with Crippen molar-refractivity contribution in [2.75, 3.05) is 31.9 Å². The summed E-state index contributed by atoms with van der Waals surface area (Å²) in [6.45, 7) is 8.93. The van der Waals surface area contributed by atoms with Gasteiger partial charge in [-0.1, -0.05) is 12.1 Å². The Morgan fingerprint density at radius 1 is 1.14 bits per heavy atom. The van der Waals surface area contributed by atoms with Gasteiger partial charge in [0, 0.05) is 19.6 Å². The zero-order chi connectivity index (χ0) is 20.3. The highest BCUT2D eigenvalue weighted by Crippen LogP contribution is 2.19. The van der Waals surface area contributed by atoms with Gasteiger partial charge in [0.1, 0.15) is 5.75 Å². The van der Waals surface area contributed by atoms with Crippen LogP contribution in [0.5, 0.6) is 5.75 Å². The van der Waals surface area contributed by atoms with Gasteiger partial charge in [0.2, 0.25) is 10.0 Å². The van der Waals surface area contributed by atoms with E-state index in [-0.39, 0.29) is 48.9 Å². The van der Waals surface area contributed by atoms with Crippen molar-refractivity contribution in [3.05, 3.63) is 29.8 Å². The van der Waals surface area contributed by atoms with Gasteiger partial charge in [-0.3, -0.25) is 4.99 Å². The summed E-state index contributed by atoms with van der Waals surface area (Å²) in [6.07, 6.45) is -0.645. The molecule has 0 aromatic heterocycles. The Hall–Kier alpha value is -1.11. The molecule has 1 unspecified atom stereocenters. The number of aliphatic imine (C=N–C) groups is 1. The summed E-state index contributed by atoms with van der Waals surface area (Å²) >= 11 is 0. The molecule has 0 bridgehead atoms. The molecule has 1 atom stereocenters. The summed E-state index contributed by atoms with van der Waals surface area (Å²) in [5, 5.41) is 16.4. The zero-order valence-electron chi connectivity index (χ0n) is 16.9. The fourth-order valence-electron chi connectivity index (χ4n) is 2.16. The fourth-order valence-corrected chi connectivity index (χ4v) is 2.77. The molecule has 1 aromatic rings. The predicted molar refractivity (Wildman–Crippen MR) is 124 cm³/mol. The number of benzene rings is 1. The highest BCUT2D eigenvalue weighted by Gasteiger charge is 2.09. The van der Waals surface area contributed by atoms with E-state index in [1.165, 1.54) is 0 Å². The standard InChI is InChI=1S/C18H32N4O4S.HI/c1-5-19-18(20-11-12-22-27(24,25)6-2)21-13-17(23)15-7-9-16(10-8-15)26-14(3)4;/h7-10,14,17,22-23H,5-6,11-13H2,1-4H3,(H2,19,20,21);1H. The van der Waals surface area contributed by atoms with E-state index in [0.717, 1.165) is 11.3 Å². The summed E-state index contributed by atoms with van der Waals surface area (Å²) < 4.78 is 30.9. The first kappa shape index (κ1) is 26.9. The van der Waals surface area contributed by atoms with Gasteiger partial charge in [0.15, 0.2) is 5.96 Å². The molecule has 4 N–H and O–H groups in total. The molecule has 0 aliphatic rings. The van der Waals surface area contributed by atoms with Crippen LogP contribution < -0.4 is 20.1 Å². The average Bonchev–Trinajstić information content (AvgIpc) is 2.63. The number of nitrogens with zero attached hydrogens (tertiary/aromatic N) is 1. The van der Waals surface area contributed by atoms with Crippen LogP contribution in [0.3, 0.4) is 0 Å². The highest BCUT2D eigenvalue weighted by atomic mass is 127. The number of ether oxygens (including phenoxy) is 1. The number of aliphatic hydroxyl groups is 1. The largest absolute Gasteiger partial charge is 0.491 e. The van der Waals surface area contributed by atoms with Crippen LogP contribution in [0.1, 0.15) is 39.4 Å². The van der Waals surface area contributed by atoms with Crippen LogP contribution in [0.2, 0.25) is 0 Å². The van der Waals surface area contributed by atoms with E-state index >= 15 is 0 Å². The van der Waals surface area contributed by atoms with Crippen LogP contribution in [-0.2, 0) is 10.0 Å². The van der Waals surface area contributed by atoms with Gasteiger partial charge >= 0.3 is 0 Å². The van der Waals surface area contributed by atoms with E-state index in [2.05, 4.69) is 20.3 Å². The van der Waals surface area contributed by atoms with Gasteiger partial charge in [0.05, 0.1) is 24.5 Å². The van der Waals surface area contributed by atoms with Crippen molar-refractivity contribution in [1.82, 2.24) is 15.4 Å². The molecule has 162 valence electrons. The minimum Gasteiger partial charge on any atom is -0.491 e. The summed E-state index contributed by atoms with van der Waals surface area (Å²) in [5.74, 6) is 1.33. The number of rotatable bonds is 11. The molecule has 10 heteroatoms. The number of aliphatic hydroxyl groups excluding tert-OH is 1. The number of halogens is 1. The maximum absolute atomic E-state index is 11.4. The maximum atomic E-state index is 11.4. The number of hydrogen-bond donors (Lipinski definition) is 4. The van der Waals surface area contributed by atoms with Crippen LogP contribution in [0.4, 0.5) is 0 Å². The molecule has 28 heavy (non-hydrogen) atoms. The van der Waals surface area contributed by atoms with E-state index in [0.29, 0.717) is 19.0 Å². The van der Waals surface area contributed by atoms with E-state index in [9.17, 15) is 13.5 Å². The Labute approximate surface area is 185 Å². The number of nitrogens with one attached hydrogen (secondary N) is 3. The molecule has 0 spiro atoms. The third-order valence-corrected chi connectivity index (χ3v) is 4.93. The monoisotopic (exact) mass is 528 g/mol. The van der Waals surface area contributed by atoms with Crippen molar-refractivity contribution >= 4 is 40.0 Å². The number of hydrogen-bond acceptors (Lipinski definition) is 5. The molecule has 0 radical (unpaired) electrons. The van der Waals surface area contributed by atoms with Gasteiger partial charge in [-0.25, -0.2) is 13.1 Å². The number of guanidine groups is 1. The second-order valence-corrected chi connectivity index (χ2v) is 8.29. The van der Waals surface area contributed by atoms with Crippen LogP contribution in [0.15, 0.2) is 29.3 Å². The lowest BCUT2D eigenvalue weighted by atomic mass is 10.1. The van der Waals surface area contributed by atoms with E-state index in [1.807, 2.05) is 45.0 Å². The van der Waals surface area contributed by atoms with Crippen LogP contribution >= 0.6 is 24.0 Å². The maximum Gasteiger partial charge on any atom is 0.211 e. The molecule has 0 saturated carbocycles. The lowest BCUT2D eigenvalue weighted by Gasteiger charge is -2.14. The summed E-state index contributed by atoms with van der Waals surface area (Å²) in [6, 6.07) is 7.28. The third kappa shape index (κ3) is 11.0. The van der Waals surface area contributed by atoms with Crippen molar-refractivity contribution in [3.8, 4) is 5.75 Å². The Kier molecular flexibility index (Phi) is 13.4. The predicted octanol–water partition coefficient (Wildman–Crippen LogP) is 1.62. The minimum absolute atomic E-state index is 0. The lowest BCUT2D eigenvalue weighted by molar-refractivity contribution is 0.186. The molecule has 0 fully saturated rings. The topological polar surface area (TPSA) is 112 Å². The molecule has 0 heterocycles. The molecular weight excluding hydrogens is 495 g/mol. The third-order valence-electron chi connectivity index (χ3n) is 3.52. The van der Waals surface area contributed by atoms with Crippen molar-refractivity contribution in [3.63, 3.8) is 0 Å². The SMILES string of the molecule is CCNC(=NCC(O)c1ccc(OC(C)C)cc1)NCCNS(=O)(=O)CC.I. The summed E-state index contributed by atoms with van der Waals surface area (Å²) in [4.78, 5) is 4.35. The quantitative estimate of drug-likeness (QED) is 0.150. The lowest BCUT2D eigenvalue weighted by Crippen LogP contribution is -2.42. The van der Waals surface area contributed by atoms with Crippen LogP contribution in [-0.4, -0.2) is 57.5 Å². The van der Waals surface area contributed by atoms with Crippen molar-refractivity contribution in [2.24, 2.45) is 4.99 Å². The second-order valence-electron chi connectivity index (χ2n) is 6.20. The van der Waals surface area contributed by atoms with Gasteiger partial charge in [-0.05, 0) is 45.4 Å². The van der Waals surface area contributed by atoms with Gasteiger partial charge in [-0.2, -0.15) is 0 Å². The van der Waals surface area contributed by atoms with Gasteiger partial charge in [-0.15, -0.1) is 24.0 Å². The smallest absolute Gasteiger partial charge is 0.211 e. The number of sulfonamides is 1. The van der Waals surface area contributed by atoms with E-state index in [4.69, 9.17) is 4.74 Å². The first-order valence-electron chi connectivity index (χ1n) is 9.21. The van der Waals surface area contributed by atoms with Crippen molar-refractivity contribution < 1.29 is 18.3 Å². The minimum atomic E-state index is -3.20.